The molecule has 1 aromatic rings. The molecule has 1 aliphatic rings. The monoisotopic (exact) mass is 183 g/mol. The molecule has 2 nitrogen and oxygen atoms in total. The summed E-state index contributed by atoms with van der Waals surface area (Å²) in [4.78, 5) is 2.37. The summed E-state index contributed by atoms with van der Waals surface area (Å²) in [6.07, 6.45) is 1.16. The van der Waals surface area contributed by atoms with Crippen LogP contribution in [0.2, 0.25) is 0 Å². The Morgan fingerprint density at radius 2 is 2.50 bits per heavy atom. The summed E-state index contributed by atoms with van der Waals surface area (Å²) < 4.78 is 0. The van der Waals surface area contributed by atoms with Gasteiger partial charge in [0.25, 0.3) is 0 Å². The van der Waals surface area contributed by atoms with Crippen LogP contribution in [0.3, 0.4) is 0 Å². The Labute approximate surface area is 76.2 Å². The van der Waals surface area contributed by atoms with E-state index in [0.717, 1.165) is 24.4 Å². The molecule has 1 aliphatic heterocycles. The molecular weight excluding hydrogens is 170 g/mol. The van der Waals surface area contributed by atoms with Gasteiger partial charge in [0.1, 0.15) is 5.75 Å². The number of thiophene rings is 1. The van der Waals surface area contributed by atoms with Crippen LogP contribution >= 0.6 is 11.3 Å². The van der Waals surface area contributed by atoms with Gasteiger partial charge < -0.3 is 10.4 Å². The molecule has 0 bridgehead atoms. The number of aryl methyl sites for hydroxylation is 1. The van der Waals surface area contributed by atoms with E-state index in [0.29, 0.717) is 11.7 Å². The average molecular weight is 183 g/mol. The standard InChI is InChI=1S/C9H13NOS/c1-6-4-8(11)9(12-6)7-2-3-10-5-7/h4,7,10-11H,2-3,5H2,1H3. The largest absolute Gasteiger partial charge is 0.507 e. The normalized spacial score (nSPS) is 23.2. The SMILES string of the molecule is Cc1cc(O)c(C2CCNC2)s1. The van der Waals surface area contributed by atoms with Crippen LogP contribution in [0.1, 0.15) is 22.1 Å². The Balaban J connectivity index is 2.25. The number of hydrogen-bond acceptors (Lipinski definition) is 3. The molecule has 0 radical (unpaired) electrons. The first-order valence-electron chi connectivity index (χ1n) is 4.27. The maximum absolute atomic E-state index is 9.57. The molecule has 1 unspecified atom stereocenters. The first-order valence-corrected chi connectivity index (χ1v) is 5.09. The minimum Gasteiger partial charge on any atom is -0.507 e. The van der Waals surface area contributed by atoms with Gasteiger partial charge in [-0.25, -0.2) is 0 Å². The Morgan fingerprint density at radius 1 is 1.67 bits per heavy atom. The molecule has 1 saturated heterocycles. The van der Waals surface area contributed by atoms with Crippen molar-refractivity contribution < 1.29 is 5.11 Å². The summed E-state index contributed by atoms with van der Waals surface area (Å²) in [6.45, 7) is 4.14. The maximum atomic E-state index is 9.57. The highest BCUT2D eigenvalue weighted by atomic mass is 32.1. The molecule has 3 heteroatoms. The fourth-order valence-corrected chi connectivity index (χ4v) is 2.74. The summed E-state index contributed by atoms with van der Waals surface area (Å²) in [5, 5.41) is 12.9. The lowest BCUT2D eigenvalue weighted by atomic mass is 10.1. The fourth-order valence-electron chi connectivity index (χ4n) is 1.69. The van der Waals surface area contributed by atoms with E-state index in [-0.39, 0.29) is 0 Å². The van der Waals surface area contributed by atoms with E-state index in [1.165, 1.54) is 4.88 Å². The molecule has 0 amide bonds. The van der Waals surface area contributed by atoms with E-state index in [2.05, 4.69) is 5.32 Å². The van der Waals surface area contributed by atoms with Crippen molar-refractivity contribution in [1.82, 2.24) is 5.32 Å². The molecule has 0 spiro atoms. The molecule has 0 aromatic carbocycles. The van der Waals surface area contributed by atoms with Crippen molar-refractivity contribution in [1.29, 1.82) is 0 Å². The fraction of sp³-hybridized carbons (Fsp3) is 0.556. The summed E-state index contributed by atoms with van der Waals surface area (Å²) in [6, 6.07) is 1.86. The molecule has 12 heavy (non-hydrogen) atoms. The van der Waals surface area contributed by atoms with Crippen molar-refractivity contribution in [2.24, 2.45) is 0 Å². The van der Waals surface area contributed by atoms with Gasteiger partial charge in [0.15, 0.2) is 0 Å². The lowest BCUT2D eigenvalue weighted by molar-refractivity contribution is 0.467. The van der Waals surface area contributed by atoms with Crippen LogP contribution in [0.4, 0.5) is 0 Å². The molecule has 1 aromatic heterocycles. The van der Waals surface area contributed by atoms with Crippen molar-refractivity contribution in [3.05, 3.63) is 15.8 Å². The first-order chi connectivity index (χ1) is 5.77. The lowest BCUT2D eigenvalue weighted by Gasteiger charge is -2.04. The van der Waals surface area contributed by atoms with E-state index in [1.807, 2.05) is 13.0 Å². The highest BCUT2D eigenvalue weighted by Crippen LogP contribution is 2.36. The molecule has 66 valence electrons. The van der Waals surface area contributed by atoms with Crippen molar-refractivity contribution >= 4 is 11.3 Å². The van der Waals surface area contributed by atoms with Gasteiger partial charge in [0.2, 0.25) is 0 Å². The molecule has 2 heterocycles. The van der Waals surface area contributed by atoms with Gasteiger partial charge in [-0.05, 0) is 26.0 Å². The van der Waals surface area contributed by atoms with E-state index in [4.69, 9.17) is 0 Å². The highest BCUT2D eigenvalue weighted by Gasteiger charge is 2.21. The van der Waals surface area contributed by atoms with Gasteiger partial charge in [0, 0.05) is 17.3 Å². The predicted octanol–water partition coefficient (Wildman–Crippen LogP) is 1.84. The second kappa shape index (κ2) is 3.07. The van der Waals surface area contributed by atoms with Gasteiger partial charge in [-0.15, -0.1) is 11.3 Å². The predicted molar refractivity (Wildman–Crippen MR) is 50.9 cm³/mol. The van der Waals surface area contributed by atoms with Crippen LogP contribution in [0.5, 0.6) is 5.75 Å². The third-order valence-electron chi connectivity index (χ3n) is 2.29. The summed E-state index contributed by atoms with van der Waals surface area (Å²) in [5.74, 6) is 1.04. The molecule has 2 N–H and O–H groups in total. The molecule has 2 rings (SSSR count). The van der Waals surface area contributed by atoms with Gasteiger partial charge in [0.05, 0.1) is 4.88 Å². The lowest BCUT2D eigenvalue weighted by Crippen LogP contribution is -2.07. The Morgan fingerprint density at radius 3 is 3.00 bits per heavy atom. The number of nitrogens with one attached hydrogen (secondary N) is 1. The molecule has 1 atom stereocenters. The summed E-state index contributed by atoms with van der Waals surface area (Å²) >= 11 is 1.72. The third-order valence-corrected chi connectivity index (χ3v) is 3.50. The van der Waals surface area contributed by atoms with Crippen molar-refractivity contribution in [3.63, 3.8) is 0 Å². The minimum atomic E-state index is 0.492. The smallest absolute Gasteiger partial charge is 0.130 e. The van der Waals surface area contributed by atoms with Crippen LogP contribution < -0.4 is 5.32 Å². The van der Waals surface area contributed by atoms with Crippen LogP contribution in [-0.2, 0) is 0 Å². The zero-order valence-electron chi connectivity index (χ0n) is 7.13. The van der Waals surface area contributed by atoms with Crippen LogP contribution in [-0.4, -0.2) is 18.2 Å². The maximum Gasteiger partial charge on any atom is 0.130 e. The zero-order chi connectivity index (χ0) is 8.55. The van der Waals surface area contributed by atoms with Gasteiger partial charge in [-0.3, -0.25) is 0 Å². The van der Waals surface area contributed by atoms with Gasteiger partial charge >= 0.3 is 0 Å². The Hall–Kier alpha value is -0.540. The molecule has 1 fully saturated rings. The van der Waals surface area contributed by atoms with Gasteiger partial charge in [-0.2, -0.15) is 0 Å². The van der Waals surface area contributed by atoms with Crippen LogP contribution in [0, 0.1) is 6.92 Å². The van der Waals surface area contributed by atoms with Crippen molar-refractivity contribution in [2.45, 2.75) is 19.3 Å². The van der Waals surface area contributed by atoms with Crippen molar-refractivity contribution in [3.8, 4) is 5.75 Å². The van der Waals surface area contributed by atoms with Crippen molar-refractivity contribution in [2.75, 3.05) is 13.1 Å². The topological polar surface area (TPSA) is 32.3 Å². The highest BCUT2D eigenvalue weighted by molar-refractivity contribution is 7.12. The van der Waals surface area contributed by atoms with E-state index < -0.39 is 0 Å². The van der Waals surface area contributed by atoms with E-state index in [1.54, 1.807) is 11.3 Å². The number of rotatable bonds is 1. The molecule has 0 aliphatic carbocycles. The average Bonchev–Trinajstić information content (AvgIpc) is 2.58. The second-order valence-corrected chi connectivity index (χ2v) is 4.58. The third kappa shape index (κ3) is 1.34. The second-order valence-electron chi connectivity index (χ2n) is 3.30. The summed E-state index contributed by atoms with van der Waals surface area (Å²) in [7, 11) is 0. The number of hydrogen-bond donors (Lipinski definition) is 2. The van der Waals surface area contributed by atoms with Gasteiger partial charge in [-0.1, -0.05) is 0 Å². The zero-order valence-corrected chi connectivity index (χ0v) is 7.95. The Bertz CT molecular complexity index is 276. The number of aromatic hydroxyl groups is 1. The van der Waals surface area contributed by atoms with E-state index in [9.17, 15) is 5.11 Å². The van der Waals surface area contributed by atoms with Crippen LogP contribution in [0.15, 0.2) is 6.07 Å². The quantitative estimate of drug-likeness (QED) is 0.696. The van der Waals surface area contributed by atoms with E-state index >= 15 is 0 Å². The minimum absolute atomic E-state index is 0.492. The molecule has 0 saturated carbocycles. The first kappa shape index (κ1) is 8.08. The molecular formula is C9H13NOS. The Kier molecular flexibility index (Phi) is 2.07. The summed E-state index contributed by atoms with van der Waals surface area (Å²) in [5.41, 5.74) is 0. The van der Waals surface area contributed by atoms with Crippen LogP contribution in [0.25, 0.3) is 0 Å².